The Morgan fingerprint density at radius 2 is 1.94 bits per heavy atom. The lowest BCUT2D eigenvalue weighted by Crippen LogP contribution is -2.04. The van der Waals surface area contributed by atoms with Gasteiger partial charge in [-0.2, -0.15) is 18.3 Å². The Balaban J connectivity index is 2.39. The van der Waals surface area contributed by atoms with Crippen molar-refractivity contribution in [1.29, 1.82) is 0 Å². The van der Waals surface area contributed by atoms with Gasteiger partial charge in [-0.05, 0) is 18.2 Å². The third kappa shape index (κ3) is 2.27. The van der Waals surface area contributed by atoms with Crippen LogP contribution >= 0.6 is 15.9 Å². The van der Waals surface area contributed by atoms with Gasteiger partial charge in [-0.3, -0.25) is 5.10 Å². The fourth-order valence-electron chi connectivity index (χ4n) is 1.26. The molecule has 0 aliphatic carbocycles. The highest BCUT2D eigenvalue weighted by Gasteiger charge is 2.33. The van der Waals surface area contributed by atoms with Crippen molar-refractivity contribution in [3.8, 4) is 11.3 Å². The third-order valence-corrected chi connectivity index (χ3v) is 2.50. The molecule has 0 amide bonds. The van der Waals surface area contributed by atoms with Crippen molar-refractivity contribution in [1.82, 2.24) is 10.2 Å². The van der Waals surface area contributed by atoms with Gasteiger partial charge in [0.2, 0.25) is 0 Å². The van der Waals surface area contributed by atoms with Crippen LogP contribution in [0.3, 0.4) is 0 Å². The van der Waals surface area contributed by atoms with Crippen LogP contribution in [-0.2, 0) is 6.18 Å². The van der Waals surface area contributed by atoms with Crippen LogP contribution in [0.25, 0.3) is 11.3 Å². The minimum Gasteiger partial charge on any atom is -0.273 e. The number of hydrogen-bond acceptors (Lipinski definition) is 1. The van der Waals surface area contributed by atoms with Crippen molar-refractivity contribution in [2.75, 3.05) is 0 Å². The van der Waals surface area contributed by atoms with E-state index in [9.17, 15) is 13.2 Å². The molecule has 1 N–H and O–H groups in total. The highest BCUT2D eigenvalue weighted by Crippen LogP contribution is 2.30. The summed E-state index contributed by atoms with van der Waals surface area (Å²) in [4.78, 5) is 0. The van der Waals surface area contributed by atoms with E-state index in [0.29, 0.717) is 5.56 Å². The van der Waals surface area contributed by atoms with E-state index in [4.69, 9.17) is 0 Å². The lowest BCUT2D eigenvalue weighted by atomic mass is 10.1. The zero-order chi connectivity index (χ0) is 11.8. The first-order valence-electron chi connectivity index (χ1n) is 4.35. The van der Waals surface area contributed by atoms with E-state index < -0.39 is 11.9 Å². The number of alkyl halides is 3. The second-order valence-corrected chi connectivity index (χ2v) is 4.09. The summed E-state index contributed by atoms with van der Waals surface area (Å²) >= 11 is 3.25. The lowest BCUT2D eigenvalue weighted by molar-refractivity contribution is -0.141. The van der Waals surface area contributed by atoms with Gasteiger partial charge in [0.15, 0.2) is 0 Å². The monoisotopic (exact) mass is 290 g/mol. The first-order chi connectivity index (χ1) is 7.47. The molecule has 16 heavy (non-hydrogen) atoms. The molecule has 1 aromatic carbocycles. The van der Waals surface area contributed by atoms with Crippen LogP contribution in [-0.4, -0.2) is 10.2 Å². The predicted octanol–water partition coefficient (Wildman–Crippen LogP) is 3.86. The summed E-state index contributed by atoms with van der Waals surface area (Å²) in [6.07, 6.45) is -4.39. The fraction of sp³-hybridized carbons (Fsp3) is 0.100. The maximum atomic E-state index is 12.3. The largest absolute Gasteiger partial charge is 0.432 e. The Morgan fingerprint density at radius 3 is 2.50 bits per heavy atom. The van der Waals surface area contributed by atoms with Gasteiger partial charge < -0.3 is 0 Å². The molecule has 0 unspecified atom stereocenters. The van der Waals surface area contributed by atoms with Crippen molar-refractivity contribution in [3.05, 3.63) is 40.5 Å². The highest BCUT2D eigenvalue weighted by atomic mass is 79.9. The Morgan fingerprint density at radius 1 is 1.19 bits per heavy atom. The maximum Gasteiger partial charge on any atom is 0.432 e. The molecule has 0 saturated heterocycles. The van der Waals surface area contributed by atoms with Gasteiger partial charge in [0, 0.05) is 10.0 Å². The summed E-state index contributed by atoms with van der Waals surface area (Å²) in [5, 5.41) is 5.60. The number of nitrogens with one attached hydrogen (secondary N) is 1. The standard InChI is InChI=1S/C10H6BrF3N2/c11-7-3-1-2-6(4-7)8-5-9(16-15-8)10(12,13)14/h1-5H,(H,15,16). The van der Waals surface area contributed by atoms with Crippen LogP contribution in [0.2, 0.25) is 0 Å². The van der Waals surface area contributed by atoms with Crippen LogP contribution < -0.4 is 0 Å². The molecule has 0 radical (unpaired) electrons. The molecule has 0 aliphatic heterocycles. The summed E-state index contributed by atoms with van der Waals surface area (Å²) in [5.74, 6) is 0. The van der Waals surface area contributed by atoms with Crippen LogP contribution in [0.1, 0.15) is 5.69 Å². The van der Waals surface area contributed by atoms with Crippen molar-refractivity contribution in [2.24, 2.45) is 0 Å². The number of nitrogens with zero attached hydrogens (tertiary/aromatic N) is 1. The van der Waals surface area contributed by atoms with E-state index in [1.165, 1.54) is 0 Å². The molecule has 1 aromatic heterocycles. The number of rotatable bonds is 1. The summed E-state index contributed by atoms with van der Waals surface area (Å²) in [7, 11) is 0. The van der Waals surface area contributed by atoms with Gasteiger partial charge in [-0.25, -0.2) is 0 Å². The Hall–Kier alpha value is -1.30. The van der Waals surface area contributed by atoms with Gasteiger partial charge in [-0.1, -0.05) is 28.1 Å². The third-order valence-electron chi connectivity index (χ3n) is 2.00. The van der Waals surface area contributed by atoms with E-state index in [-0.39, 0.29) is 5.69 Å². The number of aromatic amines is 1. The molecule has 0 saturated carbocycles. The quantitative estimate of drug-likeness (QED) is 0.849. The molecule has 0 spiro atoms. The molecule has 0 bridgehead atoms. The number of H-pyrrole nitrogens is 1. The average molecular weight is 291 g/mol. The zero-order valence-electron chi connectivity index (χ0n) is 7.85. The number of aromatic nitrogens is 2. The molecule has 1 heterocycles. The van der Waals surface area contributed by atoms with E-state index >= 15 is 0 Å². The number of hydrogen-bond donors (Lipinski definition) is 1. The van der Waals surface area contributed by atoms with Gasteiger partial charge in [-0.15, -0.1) is 0 Å². The summed E-state index contributed by atoms with van der Waals surface area (Å²) in [5.41, 5.74) is 0.0530. The number of halogens is 4. The van der Waals surface area contributed by atoms with Gasteiger partial charge in [0.25, 0.3) is 0 Å². The van der Waals surface area contributed by atoms with Gasteiger partial charge >= 0.3 is 6.18 Å². The van der Waals surface area contributed by atoms with Crippen LogP contribution in [0, 0.1) is 0 Å². The van der Waals surface area contributed by atoms with E-state index in [0.717, 1.165) is 10.5 Å². The highest BCUT2D eigenvalue weighted by molar-refractivity contribution is 9.10. The SMILES string of the molecule is FC(F)(F)c1cc(-c2cccc(Br)c2)n[nH]1. The molecule has 2 rings (SSSR count). The van der Waals surface area contributed by atoms with Gasteiger partial charge in [0.1, 0.15) is 5.69 Å². The predicted molar refractivity (Wildman–Crippen MR) is 56.7 cm³/mol. The lowest BCUT2D eigenvalue weighted by Gasteiger charge is -2.00. The fourth-order valence-corrected chi connectivity index (χ4v) is 1.66. The minimum absolute atomic E-state index is 0.272. The van der Waals surface area contributed by atoms with Crippen LogP contribution in [0.4, 0.5) is 13.2 Å². The Kier molecular flexibility index (Phi) is 2.75. The molecule has 0 fully saturated rings. The van der Waals surface area contributed by atoms with Crippen molar-refractivity contribution >= 4 is 15.9 Å². The van der Waals surface area contributed by atoms with Crippen molar-refractivity contribution < 1.29 is 13.2 Å². The molecule has 0 aliphatic rings. The van der Waals surface area contributed by atoms with Gasteiger partial charge in [0.05, 0.1) is 5.69 Å². The first kappa shape index (κ1) is 11.2. The normalized spacial score (nSPS) is 11.8. The summed E-state index contributed by atoms with van der Waals surface area (Å²) < 4.78 is 37.7. The molecule has 84 valence electrons. The Labute approximate surface area is 97.6 Å². The van der Waals surface area contributed by atoms with E-state index in [2.05, 4.69) is 21.0 Å². The van der Waals surface area contributed by atoms with E-state index in [1.807, 2.05) is 5.10 Å². The second kappa shape index (κ2) is 3.93. The molecule has 6 heteroatoms. The molecular weight excluding hydrogens is 285 g/mol. The summed E-state index contributed by atoms with van der Waals surface area (Å²) in [6, 6.07) is 7.92. The zero-order valence-corrected chi connectivity index (χ0v) is 9.43. The minimum atomic E-state index is -4.39. The first-order valence-corrected chi connectivity index (χ1v) is 5.14. The molecule has 2 aromatic rings. The maximum absolute atomic E-state index is 12.3. The van der Waals surface area contributed by atoms with E-state index in [1.54, 1.807) is 24.3 Å². The molecule has 0 atom stereocenters. The second-order valence-electron chi connectivity index (χ2n) is 3.17. The summed E-state index contributed by atoms with van der Waals surface area (Å²) in [6.45, 7) is 0. The smallest absolute Gasteiger partial charge is 0.273 e. The molecule has 2 nitrogen and oxygen atoms in total. The Bertz CT molecular complexity index is 505. The van der Waals surface area contributed by atoms with Crippen LogP contribution in [0.5, 0.6) is 0 Å². The number of benzene rings is 1. The average Bonchev–Trinajstić information content (AvgIpc) is 2.65. The molecular formula is C10H6BrF3N2. The van der Waals surface area contributed by atoms with Crippen molar-refractivity contribution in [3.63, 3.8) is 0 Å². The topological polar surface area (TPSA) is 28.7 Å². The van der Waals surface area contributed by atoms with Crippen LogP contribution in [0.15, 0.2) is 34.8 Å². The van der Waals surface area contributed by atoms with Crippen molar-refractivity contribution in [2.45, 2.75) is 6.18 Å².